The van der Waals surface area contributed by atoms with Crippen LogP contribution < -0.4 is 11.1 Å². The standard InChI is InChI=1S/C11H17ClN4O2/c1-3-18-10(17)5-4-7(2)14-9-6-8(12)15-11(13)16-9/h6-7H,3-5H2,1-2H3,(H3,13,14,15,16). The first-order valence-corrected chi connectivity index (χ1v) is 6.11. The molecule has 0 aliphatic rings. The topological polar surface area (TPSA) is 90.1 Å². The summed E-state index contributed by atoms with van der Waals surface area (Å²) in [6, 6.07) is 1.64. The van der Waals surface area contributed by atoms with E-state index in [-0.39, 0.29) is 23.1 Å². The third-order valence-corrected chi connectivity index (χ3v) is 2.39. The summed E-state index contributed by atoms with van der Waals surface area (Å²) >= 11 is 5.76. The largest absolute Gasteiger partial charge is 0.466 e. The Morgan fingerprint density at radius 1 is 1.61 bits per heavy atom. The van der Waals surface area contributed by atoms with Gasteiger partial charge < -0.3 is 15.8 Å². The number of nitrogens with two attached hydrogens (primary N) is 1. The number of hydrogen-bond donors (Lipinski definition) is 2. The Balaban J connectivity index is 2.44. The lowest BCUT2D eigenvalue weighted by Crippen LogP contribution is -2.18. The maximum Gasteiger partial charge on any atom is 0.305 e. The van der Waals surface area contributed by atoms with E-state index in [0.29, 0.717) is 25.3 Å². The molecule has 1 rings (SSSR count). The molecule has 0 aromatic carbocycles. The summed E-state index contributed by atoms with van der Waals surface area (Å²) in [5.41, 5.74) is 5.48. The first-order valence-electron chi connectivity index (χ1n) is 5.73. The molecule has 0 saturated carbocycles. The van der Waals surface area contributed by atoms with Gasteiger partial charge in [-0.3, -0.25) is 4.79 Å². The van der Waals surface area contributed by atoms with Crippen LogP contribution in [0.3, 0.4) is 0 Å². The van der Waals surface area contributed by atoms with Crippen LogP contribution in [-0.4, -0.2) is 28.6 Å². The number of nitrogens with one attached hydrogen (secondary N) is 1. The monoisotopic (exact) mass is 272 g/mol. The average molecular weight is 273 g/mol. The smallest absolute Gasteiger partial charge is 0.305 e. The van der Waals surface area contributed by atoms with Crippen LogP contribution in [0.15, 0.2) is 6.07 Å². The second kappa shape index (κ2) is 7.00. The van der Waals surface area contributed by atoms with Crippen molar-refractivity contribution in [1.29, 1.82) is 0 Å². The number of anilines is 2. The molecule has 6 nitrogen and oxygen atoms in total. The zero-order valence-electron chi connectivity index (χ0n) is 10.4. The van der Waals surface area contributed by atoms with E-state index in [4.69, 9.17) is 22.1 Å². The van der Waals surface area contributed by atoms with Gasteiger partial charge in [0.05, 0.1) is 6.61 Å². The van der Waals surface area contributed by atoms with Crippen molar-refractivity contribution in [2.75, 3.05) is 17.7 Å². The molecule has 3 N–H and O–H groups in total. The lowest BCUT2D eigenvalue weighted by atomic mass is 10.2. The van der Waals surface area contributed by atoms with Gasteiger partial charge in [-0.2, -0.15) is 4.98 Å². The Morgan fingerprint density at radius 2 is 2.33 bits per heavy atom. The molecule has 0 amide bonds. The Kier molecular flexibility index (Phi) is 5.64. The number of aromatic nitrogens is 2. The molecule has 1 unspecified atom stereocenters. The van der Waals surface area contributed by atoms with Crippen molar-refractivity contribution in [1.82, 2.24) is 9.97 Å². The molecular weight excluding hydrogens is 256 g/mol. The predicted molar refractivity (Wildman–Crippen MR) is 70.4 cm³/mol. The number of halogens is 1. The van der Waals surface area contributed by atoms with Gasteiger partial charge in [-0.05, 0) is 20.3 Å². The minimum absolute atomic E-state index is 0.0553. The van der Waals surface area contributed by atoms with E-state index in [9.17, 15) is 4.79 Å². The van der Waals surface area contributed by atoms with E-state index in [1.165, 1.54) is 0 Å². The van der Waals surface area contributed by atoms with Gasteiger partial charge in [0.25, 0.3) is 0 Å². The number of carbonyl (C=O) groups is 1. The average Bonchev–Trinajstić information content (AvgIpc) is 2.25. The minimum atomic E-state index is -0.202. The highest BCUT2D eigenvalue weighted by Crippen LogP contribution is 2.14. The van der Waals surface area contributed by atoms with Crippen molar-refractivity contribution < 1.29 is 9.53 Å². The molecule has 100 valence electrons. The van der Waals surface area contributed by atoms with E-state index < -0.39 is 0 Å². The van der Waals surface area contributed by atoms with E-state index in [1.54, 1.807) is 13.0 Å². The van der Waals surface area contributed by atoms with E-state index in [0.717, 1.165) is 0 Å². The predicted octanol–water partition coefficient (Wildman–Crippen LogP) is 1.86. The Hall–Kier alpha value is -1.56. The van der Waals surface area contributed by atoms with Gasteiger partial charge in [-0.1, -0.05) is 11.6 Å². The maximum atomic E-state index is 11.2. The Morgan fingerprint density at radius 3 is 2.94 bits per heavy atom. The van der Waals surface area contributed by atoms with Gasteiger partial charge in [0, 0.05) is 18.5 Å². The van der Waals surface area contributed by atoms with Crippen LogP contribution in [0.25, 0.3) is 0 Å². The maximum absolute atomic E-state index is 11.2. The number of esters is 1. The molecule has 7 heteroatoms. The normalized spacial score (nSPS) is 11.9. The van der Waals surface area contributed by atoms with E-state index >= 15 is 0 Å². The Bertz CT molecular complexity index is 394. The summed E-state index contributed by atoms with van der Waals surface area (Å²) in [6.45, 7) is 4.12. The molecule has 1 atom stereocenters. The molecule has 0 spiro atoms. The zero-order chi connectivity index (χ0) is 13.5. The molecule has 0 fully saturated rings. The van der Waals surface area contributed by atoms with Crippen molar-refractivity contribution in [3.05, 3.63) is 11.2 Å². The van der Waals surface area contributed by atoms with Gasteiger partial charge in [-0.15, -0.1) is 0 Å². The molecule has 0 bridgehead atoms. The number of carbonyl (C=O) groups excluding carboxylic acids is 1. The molecule has 0 aliphatic carbocycles. The van der Waals surface area contributed by atoms with Crippen molar-refractivity contribution >= 4 is 29.3 Å². The van der Waals surface area contributed by atoms with Crippen molar-refractivity contribution in [2.45, 2.75) is 32.7 Å². The lowest BCUT2D eigenvalue weighted by molar-refractivity contribution is -0.143. The van der Waals surface area contributed by atoms with E-state index in [2.05, 4.69) is 15.3 Å². The molecular formula is C11H17ClN4O2. The Labute approximate surface area is 111 Å². The van der Waals surface area contributed by atoms with Crippen LogP contribution in [0, 0.1) is 0 Å². The molecule has 18 heavy (non-hydrogen) atoms. The fraction of sp³-hybridized carbons (Fsp3) is 0.545. The second-order valence-electron chi connectivity index (χ2n) is 3.82. The van der Waals surface area contributed by atoms with Crippen LogP contribution in [-0.2, 0) is 9.53 Å². The fourth-order valence-electron chi connectivity index (χ4n) is 1.40. The molecule has 0 saturated heterocycles. The minimum Gasteiger partial charge on any atom is -0.466 e. The number of nitrogen functional groups attached to an aromatic ring is 1. The van der Waals surface area contributed by atoms with Crippen LogP contribution >= 0.6 is 11.6 Å². The SMILES string of the molecule is CCOC(=O)CCC(C)Nc1cc(Cl)nc(N)n1. The van der Waals surface area contributed by atoms with Gasteiger partial charge in [-0.25, -0.2) is 4.98 Å². The van der Waals surface area contributed by atoms with Crippen LogP contribution in [0.4, 0.5) is 11.8 Å². The zero-order valence-corrected chi connectivity index (χ0v) is 11.2. The summed E-state index contributed by atoms with van der Waals surface area (Å²) in [5, 5.41) is 3.38. The van der Waals surface area contributed by atoms with Gasteiger partial charge in [0.1, 0.15) is 11.0 Å². The summed E-state index contributed by atoms with van der Waals surface area (Å²) in [4.78, 5) is 18.9. The lowest BCUT2D eigenvalue weighted by Gasteiger charge is -2.14. The third kappa shape index (κ3) is 5.18. The van der Waals surface area contributed by atoms with Crippen LogP contribution in [0.5, 0.6) is 0 Å². The summed E-state index contributed by atoms with van der Waals surface area (Å²) in [6.07, 6.45) is 0.997. The number of hydrogen-bond acceptors (Lipinski definition) is 6. The summed E-state index contributed by atoms with van der Waals surface area (Å²) in [5.74, 6) is 0.456. The number of rotatable bonds is 6. The first kappa shape index (κ1) is 14.5. The first-order chi connectivity index (χ1) is 8.51. The second-order valence-corrected chi connectivity index (χ2v) is 4.21. The summed E-state index contributed by atoms with van der Waals surface area (Å²) in [7, 11) is 0. The summed E-state index contributed by atoms with van der Waals surface area (Å²) < 4.78 is 4.85. The molecule has 0 radical (unpaired) electrons. The van der Waals surface area contributed by atoms with E-state index in [1.807, 2.05) is 6.92 Å². The highest BCUT2D eigenvalue weighted by Gasteiger charge is 2.09. The number of ether oxygens (including phenoxy) is 1. The van der Waals surface area contributed by atoms with Crippen molar-refractivity contribution in [3.63, 3.8) is 0 Å². The van der Waals surface area contributed by atoms with Crippen LogP contribution in [0.2, 0.25) is 5.15 Å². The van der Waals surface area contributed by atoms with Crippen LogP contribution in [0.1, 0.15) is 26.7 Å². The quantitative estimate of drug-likeness (QED) is 0.607. The fourth-order valence-corrected chi connectivity index (χ4v) is 1.59. The van der Waals surface area contributed by atoms with Gasteiger partial charge in [0.2, 0.25) is 5.95 Å². The number of nitrogens with zero attached hydrogens (tertiary/aromatic N) is 2. The van der Waals surface area contributed by atoms with Crippen molar-refractivity contribution in [3.8, 4) is 0 Å². The third-order valence-electron chi connectivity index (χ3n) is 2.19. The molecule has 1 heterocycles. The highest BCUT2D eigenvalue weighted by atomic mass is 35.5. The van der Waals surface area contributed by atoms with Crippen molar-refractivity contribution in [2.24, 2.45) is 0 Å². The van der Waals surface area contributed by atoms with Gasteiger partial charge in [0.15, 0.2) is 0 Å². The molecule has 1 aromatic rings. The molecule has 1 aromatic heterocycles. The highest BCUT2D eigenvalue weighted by molar-refractivity contribution is 6.29. The molecule has 0 aliphatic heterocycles. The van der Waals surface area contributed by atoms with Gasteiger partial charge >= 0.3 is 5.97 Å².